The van der Waals surface area contributed by atoms with E-state index in [0.717, 1.165) is 17.9 Å². The Balaban J connectivity index is 1.71. The zero-order valence-corrected chi connectivity index (χ0v) is 13.1. The van der Waals surface area contributed by atoms with E-state index in [4.69, 9.17) is 4.42 Å². The van der Waals surface area contributed by atoms with E-state index in [0.29, 0.717) is 11.8 Å². The molecule has 1 fully saturated rings. The van der Waals surface area contributed by atoms with Crippen molar-refractivity contribution in [2.45, 2.75) is 25.3 Å². The minimum Gasteiger partial charge on any atom is -0.423 e. The molecule has 1 saturated heterocycles. The number of nitrogens with zero attached hydrogens (tertiary/aromatic N) is 2. The van der Waals surface area contributed by atoms with Crippen LogP contribution in [0.25, 0.3) is 0 Å². The molecule has 2 aromatic rings. The monoisotopic (exact) mass is 303 g/mol. The summed E-state index contributed by atoms with van der Waals surface area (Å²) in [6, 6.07) is 10.2. The van der Waals surface area contributed by atoms with Gasteiger partial charge >= 0.3 is 0 Å². The van der Waals surface area contributed by atoms with Gasteiger partial charge in [0.1, 0.15) is 6.04 Å². The van der Waals surface area contributed by atoms with Crippen molar-refractivity contribution in [3.63, 3.8) is 0 Å². The highest BCUT2D eigenvalue weighted by atomic mass is 32.2. The number of benzene rings is 1. The number of nitrogens with one attached hydrogen (secondary N) is 1. The molecule has 0 radical (unpaired) electrons. The Kier molecular flexibility index (Phi) is 4.93. The van der Waals surface area contributed by atoms with Crippen LogP contribution in [-0.4, -0.2) is 28.8 Å². The lowest BCUT2D eigenvalue weighted by Gasteiger charge is -2.19. The molecule has 1 aromatic carbocycles. The predicted octanol–water partition coefficient (Wildman–Crippen LogP) is 3.06. The van der Waals surface area contributed by atoms with E-state index in [9.17, 15) is 0 Å². The normalized spacial score (nSPS) is 17.8. The Morgan fingerprint density at radius 1 is 1.24 bits per heavy atom. The smallest absolute Gasteiger partial charge is 0.237 e. The van der Waals surface area contributed by atoms with Crippen molar-refractivity contribution in [3.05, 3.63) is 47.7 Å². The van der Waals surface area contributed by atoms with Crippen molar-refractivity contribution >= 4 is 11.8 Å². The van der Waals surface area contributed by atoms with Gasteiger partial charge in [0.05, 0.1) is 0 Å². The summed E-state index contributed by atoms with van der Waals surface area (Å²) in [4.78, 5) is 0. The van der Waals surface area contributed by atoms with Crippen LogP contribution in [0.4, 0.5) is 0 Å². The van der Waals surface area contributed by atoms with Gasteiger partial charge in [-0.25, -0.2) is 0 Å². The van der Waals surface area contributed by atoms with E-state index < -0.39 is 0 Å². The lowest BCUT2D eigenvalue weighted by Crippen LogP contribution is -2.17. The summed E-state index contributed by atoms with van der Waals surface area (Å²) in [6.07, 6.45) is 3.44. The van der Waals surface area contributed by atoms with E-state index in [-0.39, 0.29) is 6.04 Å². The Labute approximate surface area is 129 Å². The first-order valence-corrected chi connectivity index (χ1v) is 8.64. The molecular formula is C16H21N3OS. The first-order chi connectivity index (χ1) is 10.4. The average molecular weight is 303 g/mol. The molecule has 5 heteroatoms. The topological polar surface area (TPSA) is 51.0 Å². The maximum atomic E-state index is 5.90. The standard InChI is InChI=1S/C16H21N3OS/c1-17-15(13-5-3-2-4-6-13)16-19-18-14(20-16)11-12-7-9-21-10-8-12/h2-6,12,15,17H,7-11H2,1H3. The number of hydrogen-bond acceptors (Lipinski definition) is 5. The summed E-state index contributed by atoms with van der Waals surface area (Å²) in [5.41, 5.74) is 1.14. The van der Waals surface area contributed by atoms with Gasteiger partial charge in [-0.05, 0) is 42.9 Å². The van der Waals surface area contributed by atoms with E-state index in [1.54, 1.807) is 0 Å². The van der Waals surface area contributed by atoms with Crippen molar-refractivity contribution < 1.29 is 4.42 Å². The summed E-state index contributed by atoms with van der Waals surface area (Å²) >= 11 is 2.04. The van der Waals surface area contributed by atoms with Crippen LogP contribution in [0.15, 0.2) is 34.7 Å². The molecule has 1 atom stereocenters. The van der Waals surface area contributed by atoms with Crippen LogP contribution in [0.1, 0.15) is 36.2 Å². The fourth-order valence-corrected chi connectivity index (χ4v) is 3.95. The molecule has 2 heterocycles. The Morgan fingerprint density at radius 2 is 2.00 bits per heavy atom. The van der Waals surface area contributed by atoms with Crippen LogP contribution in [0.5, 0.6) is 0 Å². The Hall–Kier alpha value is -1.33. The van der Waals surface area contributed by atoms with Crippen LogP contribution >= 0.6 is 11.8 Å². The molecule has 0 saturated carbocycles. The fourth-order valence-electron chi connectivity index (χ4n) is 2.74. The molecule has 1 aromatic heterocycles. The van der Waals surface area contributed by atoms with Crippen LogP contribution in [0, 0.1) is 5.92 Å². The van der Waals surface area contributed by atoms with Gasteiger partial charge in [-0.3, -0.25) is 0 Å². The number of aromatic nitrogens is 2. The summed E-state index contributed by atoms with van der Waals surface area (Å²) in [5.74, 6) is 4.65. The lowest BCUT2D eigenvalue weighted by atomic mass is 9.99. The maximum Gasteiger partial charge on any atom is 0.237 e. The summed E-state index contributed by atoms with van der Waals surface area (Å²) in [6.45, 7) is 0. The second kappa shape index (κ2) is 7.09. The third kappa shape index (κ3) is 3.66. The molecule has 1 aliphatic heterocycles. The van der Waals surface area contributed by atoms with E-state index in [1.807, 2.05) is 37.0 Å². The van der Waals surface area contributed by atoms with E-state index in [1.165, 1.54) is 24.3 Å². The van der Waals surface area contributed by atoms with Crippen molar-refractivity contribution in [2.24, 2.45) is 5.92 Å². The average Bonchev–Trinajstić information content (AvgIpc) is 2.98. The highest BCUT2D eigenvalue weighted by Gasteiger charge is 2.21. The minimum atomic E-state index is -0.0330. The highest BCUT2D eigenvalue weighted by molar-refractivity contribution is 7.99. The summed E-state index contributed by atoms with van der Waals surface area (Å²) in [7, 11) is 1.92. The molecule has 112 valence electrons. The lowest BCUT2D eigenvalue weighted by molar-refractivity contribution is 0.376. The molecule has 3 rings (SSSR count). The van der Waals surface area contributed by atoms with Crippen LogP contribution in [0.2, 0.25) is 0 Å². The second-order valence-corrected chi connectivity index (χ2v) is 6.65. The molecule has 0 spiro atoms. The van der Waals surface area contributed by atoms with Crippen LogP contribution < -0.4 is 5.32 Å². The van der Waals surface area contributed by atoms with E-state index in [2.05, 4.69) is 27.6 Å². The third-order valence-corrected chi connectivity index (χ3v) is 5.00. The van der Waals surface area contributed by atoms with Crippen molar-refractivity contribution in [1.29, 1.82) is 0 Å². The van der Waals surface area contributed by atoms with Gasteiger partial charge in [0.15, 0.2) is 0 Å². The van der Waals surface area contributed by atoms with Gasteiger partial charge < -0.3 is 9.73 Å². The SMILES string of the molecule is CNC(c1ccccc1)c1nnc(CC2CCSCC2)o1. The zero-order chi connectivity index (χ0) is 14.5. The number of thioether (sulfide) groups is 1. The third-order valence-electron chi connectivity index (χ3n) is 3.96. The highest BCUT2D eigenvalue weighted by Crippen LogP contribution is 2.26. The van der Waals surface area contributed by atoms with Crippen LogP contribution in [0.3, 0.4) is 0 Å². The molecule has 0 aliphatic carbocycles. The number of rotatable bonds is 5. The minimum absolute atomic E-state index is 0.0330. The van der Waals surface area contributed by atoms with Gasteiger partial charge in [-0.1, -0.05) is 30.3 Å². The summed E-state index contributed by atoms with van der Waals surface area (Å²) < 4.78 is 5.90. The van der Waals surface area contributed by atoms with Gasteiger partial charge in [0, 0.05) is 6.42 Å². The molecule has 1 aliphatic rings. The molecule has 1 N–H and O–H groups in total. The van der Waals surface area contributed by atoms with Gasteiger partial charge in [-0.15, -0.1) is 10.2 Å². The zero-order valence-electron chi connectivity index (χ0n) is 12.3. The largest absolute Gasteiger partial charge is 0.423 e. The molecule has 21 heavy (non-hydrogen) atoms. The van der Waals surface area contributed by atoms with Gasteiger partial charge in [-0.2, -0.15) is 11.8 Å². The van der Waals surface area contributed by atoms with Crippen molar-refractivity contribution in [1.82, 2.24) is 15.5 Å². The molecule has 0 bridgehead atoms. The van der Waals surface area contributed by atoms with Gasteiger partial charge in [0.25, 0.3) is 0 Å². The molecule has 4 nitrogen and oxygen atoms in total. The quantitative estimate of drug-likeness (QED) is 0.920. The van der Waals surface area contributed by atoms with Crippen molar-refractivity contribution in [2.75, 3.05) is 18.6 Å². The van der Waals surface area contributed by atoms with Crippen LogP contribution in [-0.2, 0) is 6.42 Å². The van der Waals surface area contributed by atoms with Crippen molar-refractivity contribution in [3.8, 4) is 0 Å². The maximum absolute atomic E-state index is 5.90. The Morgan fingerprint density at radius 3 is 2.71 bits per heavy atom. The van der Waals surface area contributed by atoms with E-state index >= 15 is 0 Å². The summed E-state index contributed by atoms with van der Waals surface area (Å²) in [5, 5.41) is 11.7. The Bertz CT molecular complexity index is 552. The first-order valence-electron chi connectivity index (χ1n) is 7.49. The molecular weight excluding hydrogens is 282 g/mol. The van der Waals surface area contributed by atoms with Gasteiger partial charge in [0.2, 0.25) is 11.8 Å². The molecule has 0 amide bonds. The molecule has 1 unspecified atom stereocenters. The fraction of sp³-hybridized carbons (Fsp3) is 0.500. The first kappa shape index (κ1) is 14.6. The predicted molar refractivity (Wildman–Crippen MR) is 85.4 cm³/mol. The second-order valence-electron chi connectivity index (χ2n) is 5.43. The number of hydrogen-bond donors (Lipinski definition) is 1.